The second-order valence-electron chi connectivity index (χ2n) is 5.57. The minimum absolute atomic E-state index is 0.212. The lowest BCUT2D eigenvalue weighted by Crippen LogP contribution is -2.21. The van der Waals surface area contributed by atoms with E-state index >= 15 is 0 Å². The number of rotatable bonds is 6. The minimum atomic E-state index is -0.340. The Balaban J connectivity index is 1.62. The van der Waals surface area contributed by atoms with Crippen LogP contribution in [0.25, 0.3) is 0 Å². The van der Waals surface area contributed by atoms with Crippen molar-refractivity contribution < 1.29 is 14.3 Å². The van der Waals surface area contributed by atoms with Crippen molar-refractivity contribution in [2.24, 2.45) is 0 Å². The van der Waals surface area contributed by atoms with E-state index in [0.29, 0.717) is 22.1 Å². The molecule has 0 saturated heterocycles. The molecule has 138 valence electrons. The average Bonchev–Trinajstić information content (AvgIpc) is 3.07. The molecule has 1 heterocycles. The van der Waals surface area contributed by atoms with Crippen LogP contribution in [-0.4, -0.2) is 23.4 Å². The van der Waals surface area contributed by atoms with Gasteiger partial charge in [0.2, 0.25) is 0 Å². The molecular formula is C19H16BrN3O3S. The summed E-state index contributed by atoms with van der Waals surface area (Å²) in [6, 6.07) is 14.0. The number of aryl methyl sites for hydroxylation is 1. The Morgan fingerprint density at radius 3 is 2.56 bits per heavy atom. The molecule has 0 unspecified atom stereocenters. The molecule has 0 saturated carbocycles. The summed E-state index contributed by atoms with van der Waals surface area (Å²) in [7, 11) is 0. The highest BCUT2D eigenvalue weighted by molar-refractivity contribution is 9.10. The lowest BCUT2D eigenvalue weighted by Gasteiger charge is -2.11. The zero-order valence-electron chi connectivity index (χ0n) is 14.4. The maximum Gasteiger partial charge on any atom is 0.262 e. The van der Waals surface area contributed by atoms with Crippen molar-refractivity contribution in [1.29, 1.82) is 0 Å². The largest absolute Gasteiger partial charge is 0.483 e. The molecule has 1 aromatic heterocycles. The molecule has 0 bridgehead atoms. The van der Waals surface area contributed by atoms with Gasteiger partial charge in [0.25, 0.3) is 11.8 Å². The van der Waals surface area contributed by atoms with Crippen molar-refractivity contribution in [3.8, 4) is 5.75 Å². The molecule has 2 aromatic carbocycles. The molecular weight excluding hydrogens is 430 g/mol. The maximum absolute atomic E-state index is 12.5. The van der Waals surface area contributed by atoms with Crippen molar-refractivity contribution in [2.45, 2.75) is 6.92 Å². The van der Waals surface area contributed by atoms with Crippen LogP contribution in [0.3, 0.4) is 0 Å². The van der Waals surface area contributed by atoms with Crippen LogP contribution in [0.2, 0.25) is 0 Å². The predicted molar refractivity (Wildman–Crippen MR) is 110 cm³/mol. The number of benzene rings is 2. The highest BCUT2D eigenvalue weighted by Crippen LogP contribution is 2.22. The third kappa shape index (κ3) is 5.38. The Bertz CT molecular complexity index is 957. The first kappa shape index (κ1) is 19.1. The first-order valence-corrected chi connectivity index (χ1v) is 9.63. The molecule has 8 heteroatoms. The van der Waals surface area contributed by atoms with E-state index in [2.05, 4.69) is 31.5 Å². The Morgan fingerprint density at radius 2 is 1.85 bits per heavy atom. The fourth-order valence-electron chi connectivity index (χ4n) is 2.23. The standard InChI is InChI=1S/C19H16BrN3O3S/c1-12-10-21-19(27-12)23-18(25)15-4-2-3-5-16(15)26-11-17(24)22-14-8-6-13(20)7-9-14/h2-10H,11H2,1H3,(H,22,24)(H,21,23,25). The lowest BCUT2D eigenvalue weighted by atomic mass is 10.2. The Morgan fingerprint density at radius 1 is 1.11 bits per heavy atom. The first-order valence-electron chi connectivity index (χ1n) is 8.02. The van der Waals surface area contributed by atoms with Crippen LogP contribution in [0.1, 0.15) is 15.2 Å². The topological polar surface area (TPSA) is 80.3 Å². The fourth-order valence-corrected chi connectivity index (χ4v) is 3.15. The molecule has 2 amide bonds. The van der Waals surface area contributed by atoms with E-state index in [0.717, 1.165) is 9.35 Å². The van der Waals surface area contributed by atoms with Gasteiger partial charge < -0.3 is 10.1 Å². The lowest BCUT2D eigenvalue weighted by molar-refractivity contribution is -0.118. The molecule has 0 aliphatic rings. The number of anilines is 2. The van der Waals surface area contributed by atoms with E-state index in [1.165, 1.54) is 11.3 Å². The Labute approximate surface area is 168 Å². The van der Waals surface area contributed by atoms with E-state index in [-0.39, 0.29) is 18.4 Å². The summed E-state index contributed by atoms with van der Waals surface area (Å²) in [5, 5.41) is 5.99. The summed E-state index contributed by atoms with van der Waals surface area (Å²) in [5.41, 5.74) is 0.999. The third-order valence-corrected chi connectivity index (χ3v) is 4.82. The number of hydrogen-bond acceptors (Lipinski definition) is 5. The summed E-state index contributed by atoms with van der Waals surface area (Å²) >= 11 is 4.73. The van der Waals surface area contributed by atoms with Gasteiger partial charge in [-0.1, -0.05) is 28.1 Å². The third-order valence-electron chi connectivity index (χ3n) is 3.46. The monoisotopic (exact) mass is 445 g/mol. The summed E-state index contributed by atoms with van der Waals surface area (Å²) in [4.78, 5) is 29.7. The van der Waals surface area contributed by atoms with Crippen LogP contribution in [0.4, 0.5) is 10.8 Å². The number of carbonyl (C=O) groups is 2. The van der Waals surface area contributed by atoms with Crippen LogP contribution in [0.5, 0.6) is 5.75 Å². The van der Waals surface area contributed by atoms with Gasteiger partial charge in [-0.2, -0.15) is 0 Å². The molecule has 0 aliphatic carbocycles. The van der Waals surface area contributed by atoms with Crippen molar-refractivity contribution in [1.82, 2.24) is 4.98 Å². The SMILES string of the molecule is Cc1cnc(NC(=O)c2ccccc2OCC(=O)Nc2ccc(Br)cc2)s1. The van der Waals surface area contributed by atoms with Crippen LogP contribution >= 0.6 is 27.3 Å². The number of halogens is 1. The van der Waals surface area contributed by atoms with Crippen LogP contribution < -0.4 is 15.4 Å². The van der Waals surface area contributed by atoms with Gasteiger partial charge in [0.15, 0.2) is 11.7 Å². The molecule has 3 rings (SSSR count). The van der Waals surface area contributed by atoms with Gasteiger partial charge in [-0.25, -0.2) is 4.98 Å². The van der Waals surface area contributed by atoms with Crippen LogP contribution in [0, 0.1) is 6.92 Å². The van der Waals surface area contributed by atoms with Gasteiger partial charge in [0.05, 0.1) is 5.56 Å². The number of ether oxygens (including phenoxy) is 1. The maximum atomic E-state index is 12.5. The molecule has 27 heavy (non-hydrogen) atoms. The highest BCUT2D eigenvalue weighted by atomic mass is 79.9. The Kier molecular flexibility index (Phi) is 6.20. The fraction of sp³-hybridized carbons (Fsp3) is 0.105. The number of aromatic nitrogens is 1. The number of para-hydroxylation sites is 1. The molecule has 0 atom stereocenters. The molecule has 0 radical (unpaired) electrons. The summed E-state index contributed by atoms with van der Waals surface area (Å²) in [5.74, 6) is -0.328. The van der Waals surface area contributed by atoms with E-state index < -0.39 is 0 Å². The molecule has 0 fully saturated rings. The van der Waals surface area contributed by atoms with Gasteiger partial charge in [-0.15, -0.1) is 11.3 Å². The summed E-state index contributed by atoms with van der Waals surface area (Å²) in [6.07, 6.45) is 1.69. The van der Waals surface area contributed by atoms with Crippen molar-refractivity contribution in [3.63, 3.8) is 0 Å². The summed E-state index contributed by atoms with van der Waals surface area (Å²) < 4.78 is 6.48. The second-order valence-corrected chi connectivity index (χ2v) is 7.72. The van der Waals surface area contributed by atoms with E-state index in [1.807, 2.05) is 19.1 Å². The van der Waals surface area contributed by atoms with Gasteiger partial charge in [-0.05, 0) is 43.3 Å². The Hall–Kier alpha value is -2.71. The number of nitrogens with zero attached hydrogens (tertiary/aromatic N) is 1. The summed E-state index contributed by atoms with van der Waals surface area (Å²) in [6.45, 7) is 1.70. The van der Waals surface area contributed by atoms with Crippen LogP contribution in [-0.2, 0) is 4.79 Å². The van der Waals surface area contributed by atoms with E-state index in [4.69, 9.17) is 4.74 Å². The average molecular weight is 446 g/mol. The highest BCUT2D eigenvalue weighted by Gasteiger charge is 2.15. The molecule has 0 spiro atoms. The van der Waals surface area contributed by atoms with Crippen molar-refractivity contribution in [2.75, 3.05) is 17.2 Å². The number of thiazole rings is 1. The zero-order chi connectivity index (χ0) is 19.2. The normalized spacial score (nSPS) is 10.3. The van der Waals surface area contributed by atoms with E-state index in [1.54, 1.807) is 42.6 Å². The predicted octanol–water partition coefficient (Wildman–Crippen LogP) is 4.48. The van der Waals surface area contributed by atoms with Crippen molar-refractivity contribution in [3.05, 3.63) is 69.6 Å². The second kappa shape index (κ2) is 8.79. The smallest absolute Gasteiger partial charge is 0.262 e. The number of carbonyl (C=O) groups excluding carboxylic acids is 2. The van der Waals surface area contributed by atoms with Gasteiger partial charge in [-0.3, -0.25) is 14.9 Å². The number of nitrogens with one attached hydrogen (secondary N) is 2. The van der Waals surface area contributed by atoms with Gasteiger partial charge in [0.1, 0.15) is 5.75 Å². The molecule has 6 nitrogen and oxygen atoms in total. The molecule has 2 N–H and O–H groups in total. The number of hydrogen-bond donors (Lipinski definition) is 2. The van der Waals surface area contributed by atoms with E-state index in [9.17, 15) is 9.59 Å². The quantitative estimate of drug-likeness (QED) is 0.585. The van der Waals surface area contributed by atoms with Gasteiger partial charge >= 0.3 is 0 Å². The first-order chi connectivity index (χ1) is 13.0. The molecule has 3 aromatic rings. The number of amides is 2. The van der Waals surface area contributed by atoms with Crippen molar-refractivity contribution >= 4 is 49.9 Å². The minimum Gasteiger partial charge on any atom is -0.483 e. The van der Waals surface area contributed by atoms with Crippen LogP contribution in [0.15, 0.2) is 59.2 Å². The molecule has 0 aliphatic heterocycles. The van der Waals surface area contributed by atoms with Gasteiger partial charge in [0, 0.05) is 21.2 Å². The zero-order valence-corrected chi connectivity index (χ0v) is 16.8.